The van der Waals surface area contributed by atoms with Crippen molar-refractivity contribution in [3.8, 4) is 0 Å². The average Bonchev–Trinajstić information content (AvgIpc) is 2.25. The van der Waals surface area contributed by atoms with Gasteiger partial charge in [-0.15, -0.1) is 0 Å². The van der Waals surface area contributed by atoms with Crippen molar-refractivity contribution in [1.82, 2.24) is 15.1 Å². The van der Waals surface area contributed by atoms with Crippen molar-refractivity contribution in [3.63, 3.8) is 0 Å². The van der Waals surface area contributed by atoms with Crippen molar-refractivity contribution in [2.75, 3.05) is 46.3 Å². The fourth-order valence-corrected chi connectivity index (χ4v) is 1.71. The molecule has 0 aliphatic carbocycles. The molecule has 15 heavy (non-hydrogen) atoms. The molecule has 1 N–H and O–H groups in total. The number of rotatable bonds is 5. The summed E-state index contributed by atoms with van der Waals surface area (Å²) >= 11 is 0. The first kappa shape index (κ1) is 12.5. The molecule has 0 aromatic heterocycles. The fraction of sp³-hybridized carbons (Fsp3) is 0.909. The van der Waals surface area contributed by atoms with Crippen molar-refractivity contribution in [3.05, 3.63) is 0 Å². The van der Waals surface area contributed by atoms with E-state index in [1.165, 1.54) is 0 Å². The molecule has 1 aliphatic heterocycles. The van der Waals surface area contributed by atoms with Crippen LogP contribution >= 0.6 is 0 Å². The summed E-state index contributed by atoms with van der Waals surface area (Å²) < 4.78 is 0. The average molecular weight is 213 g/mol. The standard InChI is InChI=1S/C11H23N3O/c1-3-5-12-6-4-11(15)14-9-7-13(2)8-10-14/h12H,3-10H2,1-2H3. The van der Waals surface area contributed by atoms with E-state index in [1.54, 1.807) is 0 Å². The molecule has 4 nitrogen and oxygen atoms in total. The summed E-state index contributed by atoms with van der Waals surface area (Å²) in [5.41, 5.74) is 0. The normalized spacial score (nSPS) is 18.1. The smallest absolute Gasteiger partial charge is 0.223 e. The quantitative estimate of drug-likeness (QED) is 0.660. The third-order valence-electron chi connectivity index (χ3n) is 2.80. The minimum atomic E-state index is 0.298. The summed E-state index contributed by atoms with van der Waals surface area (Å²) in [6, 6.07) is 0. The third kappa shape index (κ3) is 4.62. The van der Waals surface area contributed by atoms with Gasteiger partial charge in [0, 0.05) is 39.1 Å². The monoisotopic (exact) mass is 213 g/mol. The molecule has 0 radical (unpaired) electrons. The molecule has 0 aromatic carbocycles. The molecular formula is C11H23N3O. The Hall–Kier alpha value is -0.610. The number of carbonyl (C=O) groups excluding carboxylic acids is 1. The highest BCUT2D eigenvalue weighted by molar-refractivity contribution is 5.76. The maximum Gasteiger partial charge on any atom is 0.223 e. The Morgan fingerprint density at radius 3 is 2.47 bits per heavy atom. The predicted molar refractivity (Wildman–Crippen MR) is 61.9 cm³/mol. The van der Waals surface area contributed by atoms with Crippen molar-refractivity contribution in [2.24, 2.45) is 0 Å². The molecular weight excluding hydrogens is 190 g/mol. The van der Waals surface area contributed by atoms with E-state index in [0.717, 1.165) is 45.7 Å². The number of amides is 1. The van der Waals surface area contributed by atoms with E-state index in [0.29, 0.717) is 12.3 Å². The highest BCUT2D eigenvalue weighted by atomic mass is 16.2. The van der Waals surface area contributed by atoms with Gasteiger partial charge in [0.05, 0.1) is 0 Å². The first-order chi connectivity index (χ1) is 7.24. The maximum atomic E-state index is 11.7. The zero-order valence-electron chi connectivity index (χ0n) is 9.96. The molecule has 0 unspecified atom stereocenters. The van der Waals surface area contributed by atoms with Crippen molar-refractivity contribution >= 4 is 5.91 Å². The molecule has 4 heteroatoms. The summed E-state index contributed by atoms with van der Waals surface area (Å²) in [5.74, 6) is 0.298. The highest BCUT2D eigenvalue weighted by Crippen LogP contribution is 2.01. The van der Waals surface area contributed by atoms with E-state index in [4.69, 9.17) is 0 Å². The first-order valence-corrected chi connectivity index (χ1v) is 5.91. The van der Waals surface area contributed by atoms with Crippen molar-refractivity contribution < 1.29 is 4.79 Å². The van der Waals surface area contributed by atoms with Crippen LogP contribution in [0.25, 0.3) is 0 Å². The van der Waals surface area contributed by atoms with E-state index < -0.39 is 0 Å². The van der Waals surface area contributed by atoms with Crippen LogP contribution in [0.5, 0.6) is 0 Å². The van der Waals surface area contributed by atoms with Crippen LogP contribution in [0.3, 0.4) is 0 Å². The molecule has 0 atom stereocenters. The number of likely N-dealkylation sites (N-methyl/N-ethyl adjacent to an activating group) is 1. The van der Waals surface area contributed by atoms with Crippen LogP contribution in [0.2, 0.25) is 0 Å². The molecule has 0 aromatic rings. The summed E-state index contributed by atoms with van der Waals surface area (Å²) in [6.07, 6.45) is 1.77. The van der Waals surface area contributed by atoms with E-state index in [2.05, 4.69) is 24.2 Å². The van der Waals surface area contributed by atoms with Crippen LogP contribution in [0.1, 0.15) is 19.8 Å². The molecule has 1 aliphatic rings. The Labute approximate surface area is 92.6 Å². The Morgan fingerprint density at radius 2 is 1.87 bits per heavy atom. The second-order valence-corrected chi connectivity index (χ2v) is 4.18. The first-order valence-electron chi connectivity index (χ1n) is 5.91. The molecule has 0 saturated carbocycles. The number of piperazine rings is 1. The molecule has 1 saturated heterocycles. The summed E-state index contributed by atoms with van der Waals surface area (Å²) in [6.45, 7) is 7.76. The van der Waals surface area contributed by atoms with E-state index in [1.807, 2.05) is 4.90 Å². The van der Waals surface area contributed by atoms with Gasteiger partial charge in [-0.3, -0.25) is 4.79 Å². The van der Waals surface area contributed by atoms with Gasteiger partial charge < -0.3 is 15.1 Å². The van der Waals surface area contributed by atoms with E-state index >= 15 is 0 Å². The van der Waals surface area contributed by atoms with Crippen molar-refractivity contribution in [1.29, 1.82) is 0 Å². The van der Waals surface area contributed by atoms with Crippen LogP contribution < -0.4 is 5.32 Å². The number of nitrogens with zero attached hydrogens (tertiary/aromatic N) is 2. The highest BCUT2D eigenvalue weighted by Gasteiger charge is 2.17. The Bertz CT molecular complexity index is 188. The van der Waals surface area contributed by atoms with E-state index in [9.17, 15) is 4.79 Å². The van der Waals surface area contributed by atoms with Gasteiger partial charge in [-0.2, -0.15) is 0 Å². The number of hydrogen-bond donors (Lipinski definition) is 1. The van der Waals surface area contributed by atoms with Crippen LogP contribution in [-0.4, -0.2) is 62.0 Å². The van der Waals surface area contributed by atoms with Gasteiger partial charge in [-0.05, 0) is 20.0 Å². The van der Waals surface area contributed by atoms with Crippen molar-refractivity contribution in [2.45, 2.75) is 19.8 Å². The molecule has 0 bridgehead atoms. The molecule has 1 amide bonds. The second kappa shape index (κ2) is 6.80. The molecule has 1 fully saturated rings. The minimum absolute atomic E-state index is 0.298. The Morgan fingerprint density at radius 1 is 1.20 bits per heavy atom. The lowest BCUT2D eigenvalue weighted by molar-refractivity contribution is -0.132. The van der Waals surface area contributed by atoms with Gasteiger partial charge in [0.15, 0.2) is 0 Å². The zero-order chi connectivity index (χ0) is 11.1. The second-order valence-electron chi connectivity index (χ2n) is 4.18. The lowest BCUT2D eigenvalue weighted by atomic mass is 10.3. The number of hydrogen-bond acceptors (Lipinski definition) is 3. The Kier molecular flexibility index (Phi) is 5.65. The fourth-order valence-electron chi connectivity index (χ4n) is 1.71. The number of nitrogens with one attached hydrogen (secondary N) is 1. The van der Waals surface area contributed by atoms with Crippen LogP contribution in [0.4, 0.5) is 0 Å². The molecule has 0 spiro atoms. The summed E-state index contributed by atoms with van der Waals surface area (Å²) in [4.78, 5) is 16.0. The lowest BCUT2D eigenvalue weighted by Crippen LogP contribution is -2.47. The maximum absolute atomic E-state index is 11.7. The van der Waals surface area contributed by atoms with Gasteiger partial charge in [0.1, 0.15) is 0 Å². The zero-order valence-corrected chi connectivity index (χ0v) is 9.96. The van der Waals surface area contributed by atoms with Gasteiger partial charge in [0.2, 0.25) is 5.91 Å². The van der Waals surface area contributed by atoms with E-state index in [-0.39, 0.29) is 0 Å². The predicted octanol–water partition coefficient (Wildman–Crippen LogP) is 0.150. The molecule has 1 rings (SSSR count). The van der Waals surface area contributed by atoms with Crippen LogP contribution in [0.15, 0.2) is 0 Å². The molecule has 88 valence electrons. The largest absolute Gasteiger partial charge is 0.340 e. The van der Waals surface area contributed by atoms with Crippen LogP contribution in [-0.2, 0) is 4.79 Å². The Balaban J connectivity index is 2.11. The van der Waals surface area contributed by atoms with Gasteiger partial charge >= 0.3 is 0 Å². The summed E-state index contributed by atoms with van der Waals surface area (Å²) in [5, 5.41) is 3.26. The summed E-state index contributed by atoms with van der Waals surface area (Å²) in [7, 11) is 2.10. The topological polar surface area (TPSA) is 35.6 Å². The van der Waals surface area contributed by atoms with Gasteiger partial charge in [-0.1, -0.05) is 6.92 Å². The SMILES string of the molecule is CCCNCCC(=O)N1CCN(C)CC1. The van der Waals surface area contributed by atoms with Gasteiger partial charge in [-0.25, -0.2) is 0 Å². The lowest BCUT2D eigenvalue weighted by Gasteiger charge is -2.32. The number of carbonyl (C=O) groups is 1. The van der Waals surface area contributed by atoms with Crippen LogP contribution in [0, 0.1) is 0 Å². The third-order valence-corrected chi connectivity index (χ3v) is 2.80. The molecule has 1 heterocycles. The minimum Gasteiger partial charge on any atom is -0.340 e. The van der Waals surface area contributed by atoms with Gasteiger partial charge in [0.25, 0.3) is 0 Å².